The van der Waals surface area contributed by atoms with Crippen LogP contribution in [0.3, 0.4) is 0 Å². The average molecular weight is 471 g/mol. The number of H-pyrrole nitrogens is 1. The predicted octanol–water partition coefficient (Wildman–Crippen LogP) is 2.70. The van der Waals surface area contributed by atoms with Gasteiger partial charge in [0.1, 0.15) is 0 Å². The highest BCUT2D eigenvalue weighted by Gasteiger charge is 2.25. The summed E-state index contributed by atoms with van der Waals surface area (Å²) in [5.74, 6) is 0. The lowest BCUT2D eigenvalue weighted by Crippen LogP contribution is -2.33. The van der Waals surface area contributed by atoms with Crippen molar-refractivity contribution < 1.29 is 13.6 Å². The van der Waals surface area contributed by atoms with Crippen molar-refractivity contribution in [3.8, 4) is 5.69 Å². The van der Waals surface area contributed by atoms with Gasteiger partial charge in [0, 0.05) is 31.0 Å². The Morgan fingerprint density at radius 1 is 1.03 bits per heavy atom. The number of nitrogens with zero attached hydrogens (tertiary/aromatic N) is 3. The first-order chi connectivity index (χ1) is 15.2. The number of rotatable bonds is 3. The van der Waals surface area contributed by atoms with Crippen LogP contribution in [-0.2, 0) is 16.9 Å². The first kappa shape index (κ1) is 20.2. The van der Waals surface area contributed by atoms with Gasteiger partial charge in [-0.1, -0.05) is 22.4 Å². The summed E-state index contributed by atoms with van der Waals surface area (Å²) in [4.78, 5) is 26.2. The molecule has 162 valence electrons. The Hall–Kier alpha value is -3.76. The minimum Gasteiger partial charge on any atom is -0.421 e. The van der Waals surface area contributed by atoms with Gasteiger partial charge in [-0.3, -0.25) is 4.79 Å². The minimum absolute atomic E-state index is 0.0291. The van der Waals surface area contributed by atoms with E-state index in [4.69, 9.17) is 11.6 Å². The summed E-state index contributed by atoms with van der Waals surface area (Å²) >= 11 is 6.06. The molecule has 0 radical (unpaired) electrons. The zero-order chi connectivity index (χ0) is 22.8. The summed E-state index contributed by atoms with van der Waals surface area (Å²) < 4.78 is 30.7. The fourth-order valence-corrected chi connectivity index (χ4v) is 5.41. The summed E-state index contributed by atoms with van der Waals surface area (Å²) in [5, 5.41) is 10.1. The molecule has 0 aliphatic heterocycles. The van der Waals surface area contributed by atoms with Gasteiger partial charge in [0.05, 0.1) is 36.9 Å². The molecule has 5 rings (SSSR count). The van der Waals surface area contributed by atoms with Crippen LogP contribution in [0.25, 0.3) is 27.5 Å². The molecule has 0 saturated heterocycles. The van der Waals surface area contributed by atoms with Crippen LogP contribution in [0.4, 0.5) is 0 Å². The molecule has 5 aromatic rings. The van der Waals surface area contributed by atoms with Gasteiger partial charge in [0.25, 0.3) is 5.56 Å². The molecule has 0 atom stereocenters. The third-order valence-corrected chi connectivity index (χ3v) is 7.41. The first-order valence-corrected chi connectivity index (χ1v) is 11.2. The van der Waals surface area contributed by atoms with Crippen LogP contribution >= 0.6 is 11.6 Å². The Balaban J connectivity index is 1.77. The van der Waals surface area contributed by atoms with Crippen molar-refractivity contribution >= 4 is 43.2 Å². The van der Waals surface area contributed by atoms with Crippen LogP contribution in [0.1, 0.15) is 0 Å². The molecular weight excluding hydrogens is 456 g/mol. The summed E-state index contributed by atoms with van der Waals surface area (Å²) in [7, 11) is -2.28. The van der Waals surface area contributed by atoms with Gasteiger partial charge >= 0.3 is 5.69 Å². The molecule has 2 aromatic carbocycles. The zero-order valence-corrected chi connectivity index (χ0v) is 18.1. The van der Waals surface area contributed by atoms with E-state index in [9.17, 15) is 23.2 Å². The molecule has 0 fully saturated rings. The van der Waals surface area contributed by atoms with Crippen molar-refractivity contribution in [1.82, 2.24) is 18.8 Å². The second-order valence-electron chi connectivity index (χ2n) is 7.29. The first-order valence-electron chi connectivity index (χ1n) is 9.34. The lowest BCUT2D eigenvalue weighted by molar-refractivity contribution is 0.162. The molecule has 0 aliphatic carbocycles. The van der Waals surface area contributed by atoms with E-state index in [2.05, 4.69) is 4.98 Å². The molecule has 0 unspecified atom stereocenters. The number of aromatic amines is 1. The second-order valence-corrected chi connectivity index (χ2v) is 9.61. The molecule has 0 amide bonds. The van der Waals surface area contributed by atoms with Crippen LogP contribution in [0.15, 0.2) is 80.4 Å². The number of aryl methyl sites for hydroxylation is 1. The molecular formula is C21H15ClN4O5S. The van der Waals surface area contributed by atoms with Crippen molar-refractivity contribution in [2.24, 2.45) is 7.05 Å². The molecule has 3 heterocycles. The van der Waals surface area contributed by atoms with Crippen LogP contribution in [0.2, 0.25) is 5.02 Å². The molecule has 3 aromatic heterocycles. The summed E-state index contributed by atoms with van der Waals surface area (Å²) in [6, 6.07) is 10.9. The normalized spacial score (nSPS) is 12.1. The maximum atomic E-state index is 13.5. The number of hydrogen-bond acceptors (Lipinski definition) is 5. The zero-order valence-electron chi connectivity index (χ0n) is 16.5. The predicted molar refractivity (Wildman–Crippen MR) is 119 cm³/mol. The lowest BCUT2D eigenvalue weighted by Gasteiger charge is -2.10. The number of hydrogen-bond donors (Lipinski definition) is 2. The van der Waals surface area contributed by atoms with Crippen LogP contribution in [0, 0.1) is 0 Å². The van der Waals surface area contributed by atoms with E-state index in [-0.39, 0.29) is 30.4 Å². The van der Waals surface area contributed by atoms with Crippen molar-refractivity contribution in [2.75, 3.05) is 0 Å². The van der Waals surface area contributed by atoms with E-state index in [1.54, 1.807) is 6.07 Å². The summed E-state index contributed by atoms with van der Waals surface area (Å²) in [6.07, 6.45) is 5.62. The molecule has 2 N–H and O–H groups in total. The number of fused-ring (bicyclic) bond motifs is 2. The van der Waals surface area contributed by atoms with Gasteiger partial charge in [-0.25, -0.2) is 13.2 Å². The molecule has 0 spiro atoms. The van der Waals surface area contributed by atoms with Crippen molar-refractivity contribution in [1.29, 1.82) is 0 Å². The molecule has 0 saturated carbocycles. The molecule has 9 nitrogen and oxygen atoms in total. The fraction of sp³-hybridized carbons (Fsp3) is 0.0476. The number of benzene rings is 2. The number of sulfone groups is 1. The van der Waals surface area contributed by atoms with Gasteiger partial charge in [-0.15, -0.1) is 0 Å². The van der Waals surface area contributed by atoms with Crippen molar-refractivity contribution in [3.63, 3.8) is 0 Å². The highest BCUT2D eigenvalue weighted by atomic mass is 35.5. The van der Waals surface area contributed by atoms with Gasteiger partial charge in [-0.05, 0) is 36.4 Å². The maximum Gasteiger partial charge on any atom is 0.362 e. The van der Waals surface area contributed by atoms with Gasteiger partial charge < -0.3 is 19.3 Å². The third kappa shape index (κ3) is 2.88. The van der Waals surface area contributed by atoms with E-state index in [1.165, 1.54) is 24.3 Å². The molecule has 0 aliphatic rings. The Bertz CT molecular complexity index is 1780. The monoisotopic (exact) mass is 470 g/mol. The van der Waals surface area contributed by atoms with Gasteiger partial charge in [0.2, 0.25) is 9.84 Å². The fourth-order valence-electron chi connectivity index (χ4n) is 3.73. The number of halogens is 1. The maximum absolute atomic E-state index is 13.5. The quantitative estimate of drug-likeness (QED) is 0.393. The minimum atomic E-state index is -4.17. The van der Waals surface area contributed by atoms with E-state index in [1.807, 2.05) is 46.9 Å². The Morgan fingerprint density at radius 3 is 2.53 bits per heavy atom. The Morgan fingerprint density at radius 2 is 1.81 bits per heavy atom. The van der Waals surface area contributed by atoms with Crippen LogP contribution in [-0.4, -0.2) is 32.5 Å². The van der Waals surface area contributed by atoms with Crippen molar-refractivity contribution in [2.45, 2.75) is 9.79 Å². The average Bonchev–Trinajstić information content (AvgIpc) is 3.37. The van der Waals surface area contributed by atoms with Gasteiger partial charge in [0.15, 0.2) is 0 Å². The molecule has 32 heavy (non-hydrogen) atoms. The van der Waals surface area contributed by atoms with Crippen molar-refractivity contribution in [3.05, 3.63) is 86.9 Å². The van der Waals surface area contributed by atoms with E-state index >= 15 is 0 Å². The Labute approximate surface area is 185 Å². The van der Waals surface area contributed by atoms with Crippen LogP contribution < -0.4 is 11.2 Å². The highest BCUT2D eigenvalue weighted by Crippen LogP contribution is 2.31. The largest absolute Gasteiger partial charge is 0.421 e. The lowest BCUT2D eigenvalue weighted by atomic mass is 10.2. The van der Waals surface area contributed by atoms with Crippen LogP contribution in [0.5, 0.6) is 0 Å². The topological polar surface area (TPSA) is 119 Å². The Kier molecular flexibility index (Phi) is 4.33. The van der Waals surface area contributed by atoms with E-state index < -0.39 is 21.1 Å². The van der Waals surface area contributed by atoms with Gasteiger partial charge in [-0.2, -0.15) is 0 Å². The highest BCUT2D eigenvalue weighted by molar-refractivity contribution is 7.91. The third-order valence-electron chi connectivity index (χ3n) is 5.31. The number of aromatic nitrogens is 4. The molecule has 11 heteroatoms. The second kappa shape index (κ2) is 6.87. The SMILES string of the molecule is Cn1ccc(-n2ccc3ccc(S(=O)(=O)c4ccc(Cl)c5c(=O)n(O)c(=O)[nH]c45)cc32)c1. The summed E-state index contributed by atoms with van der Waals surface area (Å²) in [6.45, 7) is 0. The smallest absolute Gasteiger partial charge is 0.362 e. The summed E-state index contributed by atoms with van der Waals surface area (Å²) in [5.41, 5.74) is -1.02. The van der Waals surface area contributed by atoms with E-state index in [0.29, 0.717) is 5.52 Å². The molecule has 0 bridgehead atoms. The van der Waals surface area contributed by atoms with E-state index in [0.717, 1.165) is 11.1 Å². The number of nitrogens with one attached hydrogen (secondary N) is 1. The standard InChI is InChI=1S/C21H15ClN4O5S/c1-24-8-7-13(11-24)25-9-6-12-2-3-14(10-16(12)25)32(30,31)17-5-4-15(22)18-19(17)23-21(28)26(29)20(18)27/h2-11,29H,1H3,(H,23,28).